The van der Waals surface area contributed by atoms with E-state index < -0.39 is 0 Å². The van der Waals surface area contributed by atoms with Crippen LogP contribution in [0.4, 0.5) is 0 Å². The van der Waals surface area contributed by atoms with Gasteiger partial charge in [-0.1, -0.05) is 64.8 Å². The second-order valence-corrected chi connectivity index (χ2v) is 20.5. The van der Waals surface area contributed by atoms with Crippen LogP contribution in [0.25, 0.3) is 44.1 Å². The van der Waals surface area contributed by atoms with Gasteiger partial charge in [0.05, 0.1) is 11.4 Å². The van der Waals surface area contributed by atoms with E-state index in [1.54, 1.807) is 23.3 Å². The topological polar surface area (TPSA) is 25.8 Å². The van der Waals surface area contributed by atoms with Gasteiger partial charge in [0.2, 0.25) is 0 Å². The fraction of sp³-hybridized carbons (Fsp3) is 0.263. The van der Waals surface area contributed by atoms with Gasteiger partial charge in [-0.15, -0.1) is 68.1 Å². The molecular weight excluding hydrogens is 675 g/mol. The Hall–Kier alpha value is -2.36. The molecule has 6 heteroatoms. The van der Waals surface area contributed by atoms with E-state index in [1.165, 1.54) is 67.8 Å². The third-order valence-corrected chi connectivity index (χ3v) is 7.29. The average Bonchev–Trinajstić information content (AvgIpc) is 3.61. The van der Waals surface area contributed by atoms with Crippen molar-refractivity contribution in [3.05, 3.63) is 120 Å². The Balaban J connectivity index is 0.000000263. The molecule has 0 aliphatic rings. The van der Waals surface area contributed by atoms with E-state index in [2.05, 4.69) is 111 Å². The first-order chi connectivity index (χ1) is 20.3. The Morgan fingerprint density at radius 3 is 1.34 bits per heavy atom. The molecule has 0 radical (unpaired) electrons. The number of nitrogens with zero attached hydrogens (tertiary/aromatic N) is 2. The maximum atomic E-state index is 4.48. The first-order valence-electron chi connectivity index (χ1n) is 15.0. The van der Waals surface area contributed by atoms with Gasteiger partial charge in [0.25, 0.3) is 0 Å². The molecule has 0 spiro atoms. The zero-order valence-corrected chi connectivity index (χ0v) is 31.7. The van der Waals surface area contributed by atoms with Crippen molar-refractivity contribution in [3.8, 4) is 22.5 Å². The quantitative estimate of drug-likeness (QED) is 0.187. The Morgan fingerprint density at radius 2 is 1.02 bits per heavy atom. The van der Waals surface area contributed by atoms with Gasteiger partial charge in [-0.3, -0.25) is 9.97 Å². The van der Waals surface area contributed by atoms with Crippen molar-refractivity contribution in [2.24, 2.45) is 0 Å². The van der Waals surface area contributed by atoms with Crippen LogP contribution in [-0.4, -0.2) is 15.4 Å². The van der Waals surface area contributed by atoms with Crippen molar-refractivity contribution in [1.29, 1.82) is 0 Å². The molecular formula is C38H42Cl2N2SiZr-2. The first kappa shape index (κ1) is 37.8. The molecule has 44 heavy (non-hydrogen) atoms. The van der Waals surface area contributed by atoms with Crippen LogP contribution < -0.4 is 24.8 Å². The molecule has 0 saturated carbocycles. The molecule has 0 fully saturated rings. The van der Waals surface area contributed by atoms with E-state index in [1.807, 2.05) is 36.7 Å². The van der Waals surface area contributed by atoms with Crippen molar-refractivity contribution in [2.75, 3.05) is 0 Å². The van der Waals surface area contributed by atoms with Crippen LogP contribution in [-0.2, 0) is 36.2 Å². The van der Waals surface area contributed by atoms with Crippen LogP contribution in [0.3, 0.4) is 0 Å². The minimum Gasteiger partial charge on any atom is -1.00 e. The van der Waals surface area contributed by atoms with E-state index >= 15 is 0 Å². The van der Waals surface area contributed by atoms with Crippen molar-refractivity contribution in [2.45, 2.75) is 66.5 Å². The first-order valence-corrected chi connectivity index (χ1v) is 21.2. The van der Waals surface area contributed by atoms with Crippen molar-refractivity contribution in [3.63, 3.8) is 0 Å². The molecule has 0 aliphatic heterocycles. The van der Waals surface area contributed by atoms with Gasteiger partial charge in [0, 0.05) is 12.4 Å². The van der Waals surface area contributed by atoms with Gasteiger partial charge >= 0.3 is 41.9 Å². The molecule has 4 aromatic carbocycles. The number of pyridine rings is 2. The molecule has 0 saturated heterocycles. The summed E-state index contributed by atoms with van der Waals surface area (Å²) in [6.07, 6.45) is 8.39. The Kier molecular flexibility index (Phi) is 16.0. The molecule has 228 valence electrons. The summed E-state index contributed by atoms with van der Waals surface area (Å²) < 4.78 is 0. The summed E-state index contributed by atoms with van der Waals surface area (Å²) in [4.78, 5) is 8.97. The number of hydrogen-bond donors (Lipinski definition) is 0. The van der Waals surface area contributed by atoms with Crippen molar-refractivity contribution < 1.29 is 48.1 Å². The zero-order valence-electron chi connectivity index (χ0n) is 26.7. The number of hydrogen-bond acceptors (Lipinski definition) is 2. The fourth-order valence-corrected chi connectivity index (χ4v) is 5.37. The summed E-state index contributed by atoms with van der Waals surface area (Å²) in [7, 11) is 0. The maximum absolute atomic E-state index is 4.48. The van der Waals surface area contributed by atoms with E-state index in [0.717, 1.165) is 24.2 Å². The monoisotopic (exact) mass is 714 g/mol. The molecule has 0 unspecified atom stereocenters. The van der Waals surface area contributed by atoms with E-state index in [0.29, 0.717) is 0 Å². The van der Waals surface area contributed by atoms with Crippen LogP contribution in [0.5, 0.6) is 0 Å². The Bertz CT molecular complexity index is 1630. The standard InChI is InChI=1S/2C18H18N.C2H6Si.2ClH.Zr/c2*1-3-6-14-11-16-13(2)8-9-15(17(16)12-14)18-7-4-5-10-19-18;1-3-2;;;/h2*4-5,7-12H,3,6H2,1-2H3;1-2H3;2*1H;/q2*-1;;;;+2/p-2. The average molecular weight is 717 g/mol. The summed E-state index contributed by atoms with van der Waals surface area (Å²) in [6.45, 7) is 13.4. The Morgan fingerprint density at radius 1 is 0.636 bits per heavy atom. The van der Waals surface area contributed by atoms with Crippen LogP contribution in [0.15, 0.2) is 97.3 Å². The minimum atomic E-state index is 0. The van der Waals surface area contributed by atoms with Gasteiger partial charge < -0.3 is 24.8 Å². The van der Waals surface area contributed by atoms with Crippen LogP contribution in [0, 0.1) is 13.8 Å². The third kappa shape index (κ3) is 9.82. The van der Waals surface area contributed by atoms with E-state index in [-0.39, 0.29) is 30.2 Å². The molecule has 0 N–H and O–H groups in total. The van der Waals surface area contributed by atoms with Crippen molar-refractivity contribution in [1.82, 2.24) is 9.97 Å². The van der Waals surface area contributed by atoms with Crippen molar-refractivity contribution >= 4 is 27.0 Å². The molecule has 0 aliphatic carbocycles. The van der Waals surface area contributed by atoms with Gasteiger partial charge in [0.1, 0.15) is 0 Å². The van der Waals surface area contributed by atoms with Gasteiger partial charge in [-0.05, 0) is 48.2 Å². The molecule has 0 amide bonds. The second-order valence-electron chi connectivity index (χ2n) is 11.2. The minimum absolute atomic E-state index is 0. The Labute approximate surface area is 291 Å². The van der Waals surface area contributed by atoms with E-state index in [4.69, 9.17) is 0 Å². The number of rotatable bonds is 6. The number of aromatic nitrogens is 2. The summed E-state index contributed by atoms with van der Waals surface area (Å²) in [5.41, 5.74) is 10.4. The summed E-state index contributed by atoms with van der Waals surface area (Å²) in [5, 5.41) is 5.41. The fourth-order valence-electron chi connectivity index (χ4n) is 5.37. The SMILES string of the molecule is CCCc1cc2c(-c3ccccn3)ccc(C)c2[cH-]1.CCCc1cc2c(-c3ccccn3)ccc(C)c2[cH-]1.C[Si](C)=[Zr+2].[Cl-].[Cl-]. The van der Waals surface area contributed by atoms with Crippen LogP contribution in [0.2, 0.25) is 13.1 Å². The second kappa shape index (κ2) is 18.6. The molecule has 0 atom stereocenters. The predicted octanol–water partition coefficient (Wildman–Crippen LogP) is 4.56. The molecule has 2 nitrogen and oxygen atoms in total. The van der Waals surface area contributed by atoms with Gasteiger partial charge in [-0.2, -0.15) is 12.1 Å². The van der Waals surface area contributed by atoms with Gasteiger partial charge in [0.15, 0.2) is 0 Å². The smallest absolute Gasteiger partial charge is 1.00 e. The molecule has 0 bridgehead atoms. The summed E-state index contributed by atoms with van der Waals surface area (Å²) >= 11 is 1.74. The molecule has 6 aromatic rings. The largest absolute Gasteiger partial charge is 1.00 e. The summed E-state index contributed by atoms with van der Waals surface area (Å²) in [5.74, 6) is 0. The van der Waals surface area contributed by atoms with Gasteiger partial charge in [-0.25, -0.2) is 0 Å². The molecule has 2 aromatic heterocycles. The summed E-state index contributed by atoms with van der Waals surface area (Å²) in [6, 6.07) is 30.3. The zero-order chi connectivity index (χ0) is 30.1. The maximum Gasteiger partial charge on any atom is -1.00 e. The molecule has 2 heterocycles. The predicted molar refractivity (Wildman–Crippen MR) is 180 cm³/mol. The third-order valence-electron chi connectivity index (χ3n) is 7.29. The number of fused-ring (bicyclic) bond motifs is 2. The molecule has 6 rings (SSSR count). The number of halogens is 2. The number of aryl methyl sites for hydroxylation is 4. The number of benzene rings is 2. The normalized spacial score (nSPS) is 10.2. The van der Waals surface area contributed by atoms with E-state index in [9.17, 15) is 0 Å². The van der Waals surface area contributed by atoms with Crippen LogP contribution >= 0.6 is 0 Å². The van der Waals surface area contributed by atoms with Crippen LogP contribution in [0.1, 0.15) is 48.9 Å².